The van der Waals surface area contributed by atoms with Crippen LogP contribution in [0.3, 0.4) is 0 Å². The van der Waals surface area contributed by atoms with Gasteiger partial charge in [-0.2, -0.15) is 0 Å². The van der Waals surface area contributed by atoms with Gasteiger partial charge in [-0.15, -0.1) is 0 Å². The van der Waals surface area contributed by atoms with Crippen LogP contribution in [0.5, 0.6) is 11.5 Å². The molecule has 0 bridgehead atoms. The highest BCUT2D eigenvalue weighted by molar-refractivity contribution is 5.99. The third kappa shape index (κ3) is 5.95. The van der Waals surface area contributed by atoms with Gasteiger partial charge in [0.05, 0.1) is 5.41 Å². The Morgan fingerprint density at radius 3 is 1.49 bits per heavy atom. The molecule has 2 aliphatic rings. The minimum absolute atomic E-state index is 0.532. The van der Waals surface area contributed by atoms with Crippen LogP contribution in [0, 0.1) is 0 Å². The molecule has 0 aromatic heterocycles. The SMILES string of the molecule is c1ccc(-c2ccc(N(c3ccc4c(c3)-c3ccccc3-c3c(cccc3-c3ccccc3)O4)c3ccc4c(c3)C(c3ccccc3)(c3ccccc3)c3ccccc3-4)cc2)cc1. The summed E-state index contributed by atoms with van der Waals surface area (Å²) in [6.45, 7) is 0. The highest BCUT2D eigenvalue weighted by Gasteiger charge is 2.46. The number of hydrogen-bond acceptors (Lipinski definition) is 2. The van der Waals surface area contributed by atoms with Crippen molar-refractivity contribution in [1.82, 2.24) is 0 Å². The van der Waals surface area contributed by atoms with E-state index in [1.54, 1.807) is 0 Å². The van der Waals surface area contributed by atoms with Gasteiger partial charge in [-0.1, -0.05) is 200 Å². The lowest BCUT2D eigenvalue weighted by Gasteiger charge is -2.35. The molecule has 0 spiro atoms. The average molecular weight is 804 g/mol. The van der Waals surface area contributed by atoms with Crippen molar-refractivity contribution in [2.75, 3.05) is 4.90 Å². The highest BCUT2D eigenvalue weighted by Crippen LogP contribution is 2.58. The van der Waals surface area contributed by atoms with E-state index < -0.39 is 5.41 Å². The second-order valence-electron chi connectivity index (χ2n) is 16.4. The first-order chi connectivity index (χ1) is 31.3. The average Bonchev–Trinajstić information content (AvgIpc) is 3.57. The summed E-state index contributed by atoms with van der Waals surface area (Å²) in [6, 6.07) is 90.1. The zero-order valence-corrected chi connectivity index (χ0v) is 34.5. The van der Waals surface area contributed by atoms with Crippen molar-refractivity contribution in [3.8, 4) is 67.1 Å². The van der Waals surface area contributed by atoms with Crippen LogP contribution in [0.4, 0.5) is 17.1 Å². The maximum absolute atomic E-state index is 6.96. The lowest BCUT2D eigenvalue weighted by Crippen LogP contribution is -2.28. The van der Waals surface area contributed by atoms with Gasteiger partial charge in [-0.25, -0.2) is 0 Å². The molecule has 1 heterocycles. The minimum Gasteiger partial charge on any atom is -0.456 e. The maximum Gasteiger partial charge on any atom is 0.135 e. The number of benzene rings is 10. The molecule has 63 heavy (non-hydrogen) atoms. The summed E-state index contributed by atoms with van der Waals surface area (Å²) < 4.78 is 6.96. The molecule has 0 fully saturated rings. The first-order valence-corrected chi connectivity index (χ1v) is 21.7. The van der Waals surface area contributed by atoms with Gasteiger partial charge in [-0.3, -0.25) is 0 Å². The Hall–Kier alpha value is -8.20. The smallest absolute Gasteiger partial charge is 0.135 e. The van der Waals surface area contributed by atoms with E-state index in [1.165, 1.54) is 44.5 Å². The Kier molecular flexibility index (Phi) is 8.76. The van der Waals surface area contributed by atoms with Crippen molar-refractivity contribution in [1.29, 1.82) is 0 Å². The number of rotatable bonds is 7. The Balaban J connectivity index is 1.08. The van der Waals surface area contributed by atoms with Gasteiger partial charge in [-0.05, 0) is 115 Å². The summed E-state index contributed by atoms with van der Waals surface area (Å²) >= 11 is 0. The molecule has 10 aromatic carbocycles. The van der Waals surface area contributed by atoms with Crippen LogP contribution in [-0.4, -0.2) is 0 Å². The number of hydrogen-bond donors (Lipinski definition) is 0. The molecular formula is C61H41NO. The van der Waals surface area contributed by atoms with Crippen LogP contribution in [0.15, 0.2) is 249 Å². The van der Waals surface area contributed by atoms with E-state index in [-0.39, 0.29) is 0 Å². The van der Waals surface area contributed by atoms with E-state index in [2.05, 4.69) is 254 Å². The number of fused-ring (bicyclic) bond motifs is 8. The minimum atomic E-state index is -0.532. The first-order valence-electron chi connectivity index (χ1n) is 21.7. The topological polar surface area (TPSA) is 12.5 Å². The van der Waals surface area contributed by atoms with Crippen molar-refractivity contribution in [3.05, 3.63) is 271 Å². The van der Waals surface area contributed by atoms with E-state index in [1.807, 2.05) is 0 Å². The van der Waals surface area contributed by atoms with E-state index in [0.29, 0.717) is 0 Å². The molecule has 12 rings (SSSR count). The fourth-order valence-corrected chi connectivity index (χ4v) is 10.2. The highest BCUT2D eigenvalue weighted by atomic mass is 16.5. The van der Waals surface area contributed by atoms with Gasteiger partial charge in [0.1, 0.15) is 11.5 Å². The van der Waals surface area contributed by atoms with Crippen molar-refractivity contribution < 1.29 is 4.74 Å². The molecule has 0 saturated carbocycles. The van der Waals surface area contributed by atoms with Gasteiger partial charge in [0.25, 0.3) is 0 Å². The largest absolute Gasteiger partial charge is 0.456 e. The van der Waals surface area contributed by atoms with E-state index >= 15 is 0 Å². The summed E-state index contributed by atoms with van der Waals surface area (Å²) in [5.74, 6) is 1.67. The second kappa shape index (κ2) is 15.1. The Morgan fingerprint density at radius 2 is 0.794 bits per heavy atom. The summed E-state index contributed by atoms with van der Waals surface area (Å²) in [5.41, 5.74) is 19.3. The van der Waals surface area contributed by atoms with Crippen LogP contribution >= 0.6 is 0 Å². The predicted octanol–water partition coefficient (Wildman–Crippen LogP) is 16.3. The fraction of sp³-hybridized carbons (Fsp3) is 0.0164. The van der Waals surface area contributed by atoms with Crippen LogP contribution in [0.1, 0.15) is 22.3 Å². The van der Waals surface area contributed by atoms with Crippen molar-refractivity contribution in [3.63, 3.8) is 0 Å². The molecule has 1 aliphatic carbocycles. The Bertz CT molecular complexity index is 3250. The molecular weight excluding hydrogens is 763 g/mol. The summed E-state index contributed by atoms with van der Waals surface area (Å²) in [6.07, 6.45) is 0. The molecule has 0 atom stereocenters. The summed E-state index contributed by atoms with van der Waals surface area (Å²) in [4.78, 5) is 2.41. The van der Waals surface area contributed by atoms with E-state index in [0.717, 1.165) is 61.9 Å². The zero-order chi connectivity index (χ0) is 41.7. The van der Waals surface area contributed by atoms with Gasteiger partial charge in [0, 0.05) is 28.2 Å². The maximum atomic E-state index is 6.96. The number of ether oxygens (including phenoxy) is 1. The van der Waals surface area contributed by atoms with E-state index in [4.69, 9.17) is 4.74 Å². The third-order valence-electron chi connectivity index (χ3n) is 13.0. The summed E-state index contributed by atoms with van der Waals surface area (Å²) in [5, 5.41) is 0. The number of anilines is 3. The first kappa shape index (κ1) is 36.6. The molecule has 1 aliphatic heterocycles. The molecule has 0 saturated heterocycles. The normalized spacial score (nSPS) is 12.7. The monoisotopic (exact) mass is 803 g/mol. The van der Waals surface area contributed by atoms with Gasteiger partial charge in [0.15, 0.2) is 0 Å². The summed E-state index contributed by atoms with van der Waals surface area (Å²) in [7, 11) is 0. The second-order valence-corrected chi connectivity index (χ2v) is 16.4. The van der Waals surface area contributed by atoms with Crippen LogP contribution in [-0.2, 0) is 5.41 Å². The molecule has 0 radical (unpaired) electrons. The Labute approximate surface area is 368 Å². The molecule has 0 unspecified atom stereocenters. The van der Waals surface area contributed by atoms with Gasteiger partial charge < -0.3 is 9.64 Å². The Morgan fingerprint density at radius 1 is 0.286 bits per heavy atom. The van der Waals surface area contributed by atoms with Gasteiger partial charge in [0.2, 0.25) is 0 Å². The molecule has 10 aromatic rings. The molecule has 296 valence electrons. The van der Waals surface area contributed by atoms with Crippen molar-refractivity contribution in [2.45, 2.75) is 5.41 Å². The third-order valence-corrected chi connectivity index (χ3v) is 13.0. The van der Waals surface area contributed by atoms with Crippen molar-refractivity contribution in [2.24, 2.45) is 0 Å². The molecule has 2 heteroatoms. The number of nitrogens with zero attached hydrogens (tertiary/aromatic N) is 1. The standard InChI is InChI=1S/C61H41NO/c1-5-18-42(19-6-1)43-32-34-47(35-33-43)62(48-37-39-58-55(40-48)51-26-13-14-28-54(51)60-50(29-17-31-59(60)63-58)44-20-7-2-8-21-44)49-36-38-53-52-27-15-16-30-56(52)61(57(53)41-49,45-22-9-3-10-23-45)46-24-11-4-12-25-46/h1-41H. The van der Waals surface area contributed by atoms with Crippen molar-refractivity contribution >= 4 is 17.1 Å². The lowest BCUT2D eigenvalue weighted by atomic mass is 9.67. The molecule has 0 N–H and O–H groups in total. The van der Waals surface area contributed by atoms with E-state index in [9.17, 15) is 0 Å². The van der Waals surface area contributed by atoms with Crippen LogP contribution in [0.2, 0.25) is 0 Å². The molecule has 0 amide bonds. The zero-order valence-electron chi connectivity index (χ0n) is 34.5. The van der Waals surface area contributed by atoms with Crippen LogP contribution in [0.25, 0.3) is 55.6 Å². The quantitative estimate of drug-likeness (QED) is 0.159. The predicted molar refractivity (Wildman–Crippen MR) is 260 cm³/mol. The molecule has 2 nitrogen and oxygen atoms in total. The van der Waals surface area contributed by atoms with Gasteiger partial charge >= 0.3 is 0 Å². The lowest BCUT2D eigenvalue weighted by molar-refractivity contribution is 0.488. The van der Waals surface area contributed by atoms with Crippen LogP contribution < -0.4 is 9.64 Å². The fourth-order valence-electron chi connectivity index (χ4n) is 10.2.